The lowest BCUT2D eigenvalue weighted by Gasteiger charge is -2.16. The highest BCUT2D eigenvalue weighted by molar-refractivity contribution is 7.10. The summed E-state index contributed by atoms with van der Waals surface area (Å²) in [6, 6.07) is 1.86. The maximum atomic E-state index is 11.7. The minimum Gasteiger partial charge on any atom is -0.478 e. The van der Waals surface area contributed by atoms with E-state index in [1.807, 2.05) is 25.3 Å². The van der Waals surface area contributed by atoms with Crippen molar-refractivity contribution in [3.05, 3.63) is 28.0 Å². The smallest absolute Gasteiger partial charge is 0.409 e. The normalized spacial score (nSPS) is 11.0. The Morgan fingerprint density at radius 1 is 1.50 bits per heavy atom. The summed E-state index contributed by atoms with van der Waals surface area (Å²) in [5.74, 6) is -0.672. The molecule has 0 saturated carbocycles. The maximum absolute atomic E-state index is 11.7. The summed E-state index contributed by atoms with van der Waals surface area (Å²) in [4.78, 5) is 24.6. The quantitative estimate of drug-likeness (QED) is 0.819. The number of ether oxygens (including phenoxy) is 1. The third kappa shape index (κ3) is 5.88. The lowest BCUT2D eigenvalue weighted by molar-refractivity contribution is -0.131. The van der Waals surface area contributed by atoms with Crippen LogP contribution in [0.1, 0.15) is 24.3 Å². The molecule has 1 N–H and O–H groups in total. The van der Waals surface area contributed by atoms with Crippen molar-refractivity contribution in [1.29, 1.82) is 0 Å². The van der Waals surface area contributed by atoms with Crippen LogP contribution in [0.4, 0.5) is 4.79 Å². The van der Waals surface area contributed by atoms with Crippen molar-refractivity contribution in [3.8, 4) is 0 Å². The molecule has 0 saturated heterocycles. The fourth-order valence-corrected chi connectivity index (χ4v) is 2.29. The summed E-state index contributed by atoms with van der Waals surface area (Å²) in [6.07, 6.45) is 2.26. The topological polar surface area (TPSA) is 66.8 Å². The zero-order valence-electron chi connectivity index (χ0n) is 11.8. The van der Waals surface area contributed by atoms with E-state index < -0.39 is 5.97 Å². The van der Waals surface area contributed by atoms with Gasteiger partial charge in [0.2, 0.25) is 0 Å². The predicted octanol–water partition coefficient (Wildman–Crippen LogP) is 3.07. The average Bonchev–Trinajstić information content (AvgIpc) is 2.81. The number of aliphatic carboxylic acids is 1. The van der Waals surface area contributed by atoms with Gasteiger partial charge in [0.1, 0.15) is 0 Å². The SMILES string of the molecule is CC(C)COC(=O)N(C)Cc1cc(C=CC(=O)O)cs1. The van der Waals surface area contributed by atoms with E-state index in [-0.39, 0.29) is 6.09 Å². The van der Waals surface area contributed by atoms with Gasteiger partial charge >= 0.3 is 12.1 Å². The summed E-state index contributed by atoms with van der Waals surface area (Å²) >= 11 is 1.48. The van der Waals surface area contributed by atoms with Crippen molar-refractivity contribution in [1.82, 2.24) is 4.90 Å². The molecule has 1 rings (SSSR count). The van der Waals surface area contributed by atoms with Crippen LogP contribution in [0.3, 0.4) is 0 Å². The van der Waals surface area contributed by atoms with Gasteiger partial charge in [0.05, 0.1) is 13.2 Å². The van der Waals surface area contributed by atoms with Gasteiger partial charge in [-0.3, -0.25) is 0 Å². The molecule has 1 heterocycles. The molecule has 110 valence electrons. The molecule has 0 aliphatic rings. The molecule has 1 aromatic rings. The Kier molecular flexibility index (Phi) is 6.24. The molecule has 0 unspecified atom stereocenters. The van der Waals surface area contributed by atoms with Crippen LogP contribution in [-0.2, 0) is 16.1 Å². The number of amides is 1. The first-order chi connectivity index (χ1) is 9.38. The second-order valence-electron chi connectivity index (χ2n) is 4.84. The van der Waals surface area contributed by atoms with Crippen molar-refractivity contribution in [2.24, 2.45) is 5.92 Å². The van der Waals surface area contributed by atoms with Crippen molar-refractivity contribution in [2.75, 3.05) is 13.7 Å². The zero-order chi connectivity index (χ0) is 15.1. The van der Waals surface area contributed by atoms with Gasteiger partial charge < -0.3 is 14.7 Å². The second-order valence-corrected chi connectivity index (χ2v) is 5.84. The third-order valence-corrected chi connectivity index (χ3v) is 3.28. The molecule has 20 heavy (non-hydrogen) atoms. The number of hydrogen-bond donors (Lipinski definition) is 1. The highest BCUT2D eigenvalue weighted by Crippen LogP contribution is 2.18. The molecule has 0 aliphatic heterocycles. The third-order valence-electron chi connectivity index (χ3n) is 2.34. The molecular formula is C14H19NO4S. The monoisotopic (exact) mass is 297 g/mol. The molecule has 0 atom stereocenters. The molecule has 0 aliphatic carbocycles. The number of carboxylic acid groups (broad SMARTS) is 1. The number of thiophene rings is 1. The number of carboxylic acids is 1. The molecule has 0 radical (unpaired) electrons. The number of carbonyl (C=O) groups is 2. The van der Waals surface area contributed by atoms with Crippen molar-refractivity contribution >= 4 is 29.5 Å². The van der Waals surface area contributed by atoms with E-state index in [0.29, 0.717) is 19.1 Å². The summed E-state index contributed by atoms with van der Waals surface area (Å²) in [6.45, 7) is 4.81. The second kappa shape index (κ2) is 7.69. The zero-order valence-corrected chi connectivity index (χ0v) is 12.6. The molecule has 0 spiro atoms. The van der Waals surface area contributed by atoms with Crippen molar-refractivity contribution in [3.63, 3.8) is 0 Å². The van der Waals surface area contributed by atoms with Gasteiger partial charge in [0, 0.05) is 18.0 Å². The summed E-state index contributed by atoms with van der Waals surface area (Å²) < 4.78 is 5.12. The Morgan fingerprint density at radius 2 is 2.20 bits per heavy atom. The van der Waals surface area contributed by atoms with Gasteiger partial charge in [0.15, 0.2) is 0 Å². The van der Waals surface area contributed by atoms with E-state index in [0.717, 1.165) is 16.5 Å². The Hall–Kier alpha value is -1.82. The molecule has 1 amide bonds. The number of rotatable bonds is 6. The molecule has 0 bridgehead atoms. The lowest BCUT2D eigenvalue weighted by atomic mass is 10.2. The van der Waals surface area contributed by atoms with Gasteiger partial charge in [-0.1, -0.05) is 13.8 Å². The summed E-state index contributed by atoms with van der Waals surface area (Å²) in [5, 5.41) is 10.4. The van der Waals surface area contributed by atoms with Crippen molar-refractivity contribution < 1.29 is 19.4 Å². The van der Waals surface area contributed by atoms with Crippen LogP contribution in [-0.4, -0.2) is 35.7 Å². The van der Waals surface area contributed by atoms with Crippen LogP contribution in [0, 0.1) is 5.92 Å². The van der Waals surface area contributed by atoms with Crippen LogP contribution in [0.25, 0.3) is 6.08 Å². The molecule has 6 heteroatoms. The van der Waals surface area contributed by atoms with E-state index in [1.54, 1.807) is 7.05 Å². The number of hydrogen-bond acceptors (Lipinski definition) is 4. The summed E-state index contributed by atoms with van der Waals surface area (Å²) in [7, 11) is 1.68. The summed E-state index contributed by atoms with van der Waals surface area (Å²) in [5.41, 5.74) is 0.816. The Balaban J connectivity index is 2.51. The van der Waals surface area contributed by atoms with Crippen LogP contribution < -0.4 is 0 Å². The van der Waals surface area contributed by atoms with E-state index in [2.05, 4.69) is 0 Å². The van der Waals surface area contributed by atoms with Gasteiger partial charge in [-0.15, -0.1) is 11.3 Å². The highest BCUT2D eigenvalue weighted by atomic mass is 32.1. The standard InChI is InChI=1S/C14H19NO4S/c1-10(2)8-19-14(18)15(3)7-12-6-11(9-20-12)4-5-13(16)17/h4-6,9-10H,7-8H2,1-3H3,(H,16,17). The Bertz CT molecular complexity index is 493. The average molecular weight is 297 g/mol. The van der Waals surface area contributed by atoms with Crippen LogP contribution in [0.15, 0.2) is 17.5 Å². The number of nitrogens with zero attached hydrogens (tertiary/aromatic N) is 1. The molecule has 1 aromatic heterocycles. The molecule has 0 aromatic carbocycles. The molecular weight excluding hydrogens is 278 g/mol. The van der Waals surface area contributed by atoms with E-state index in [1.165, 1.54) is 22.3 Å². The van der Waals surface area contributed by atoms with Crippen molar-refractivity contribution in [2.45, 2.75) is 20.4 Å². The first-order valence-corrected chi connectivity index (χ1v) is 7.12. The van der Waals surface area contributed by atoms with Gasteiger partial charge in [-0.25, -0.2) is 9.59 Å². The van der Waals surface area contributed by atoms with E-state index >= 15 is 0 Å². The van der Waals surface area contributed by atoms with E-state index in [9.17, 15) is 9.59 Å². The largest absolute Gasteiger partial charge is 0.478 e. The van der Waals surface area contributed by atoms with Gasteiger partial charge in [-0.05, 0) is 29.0 Å². The minimum absolute atomic E-state index is 0.307. The minimum atomic E-state index is -0.980. The van der Waals surface area contributed by atoms with Gasteiger partial charge in [-0.2, -0.15) is 0 Å². The van der Waals surface area contributed by atoms with E-state index in [4.69, 9.17) is 9.84 Å². The highest BCUT2D eigenvalue weighted by Gasteiger charge is 2.12. The van der Waals surface area contributed by atoms with Crippen LogP contribution in [0.5, 0.6) is 0 Å². The van der Waals surface area contributed by atoms with Gasteiger partial charge in [0.25, 0.3) is 0 Å². The molecule has 5 nitrogen and oxygen atoms in total. The Labute approximate surface area is 122 Å². The van der Waals surface area contributed by atoms with Crippen LogP contribution in [0.2, 0.25) is 0 Å². The first kappa shape index (κ1) is 16.2. The molecule has 0 fully saturated rings. The fraction of sp³-hybridized carbons (Fsp3) is 0.429. The maximum Gasteiger partial charge on any atom is 0.409 e. The first-order valence-electron chi connectivity index (χ1n) is 6.24. The predicted molar refractivity (Wildman–Crippen MR) is 78.6 cm³/mol. The van der Waals surface area contributed by atoms with Crippen LogP contribution >= 0.6 is 11.3 Å². The number of carbonyl (C=O) groups excluding carboxylic acids is 1. The lowest BCUT2D eigenvalue weighted by Crippen LogP contribution is -2.27. The fourth-order valence-electron chi connectivity index (χ4n) is 1.38. The Morgan fingerprint density at radius 3 is 2.80 bits per heavy atom.